The van der Waals surface area contributed by atoms with E-state index < -0.39 is 0 Å². The van der Waals surface area contributed by atoms with Crippen molar-refractivity contribution in [2.24, 2.45) is 0 Å². The SMILES string of the molecule is S=C(NC1CCCCC1)OC1CCCCC1.[Cu]. The topological polar surface area (TPSA) is 21.3 Å². The zero-order valence-corrected chi connectivity index (χ0v) is 12.1. The molecular formula is C13H23CuNOS. The molecule has 0 amide bonds. The van der Waals surface area contributed by atoms with Crippen molar-refractivity contribution >= 4 is 17.4 Å². The molecule has 2 saturated carbocycles. The van der Waals surface area contributed by atoms with Crippen LogP contribution in [0.2, 0.25) is 0 Å². The smallest absolute Gasteiger partial charge is 0.257 e. The minimum absolute atomic E-state index is 0. The van der Waals surface area contributed by atoms with Gasteiger partial charge >= 0.3 is 0 Å². The van der Waals surface area contributed by atoms with Crippen LogP contribution >= 0.6 is 12.2 Å². The molecule has 1 N–H and O–H groups in total. The Morgan fingerprint density at radius 2 is 1.41 bits per heavy atom. The van der Waals surface area contributed by atoms with Crippen LogP contribution < -0.4 is 5.32 Å². The van der Waals surface area contributed by atoms with Gasteiger partial charge in [0.25, 0.3) is 5.17 Å². The third kappa shape index (κ3) is 5.58. The Balaban J connectivity index is 0.00000144. The summed E-state index contributed by atoms with van der Waals surface area (Å²) in [4.78, 5) is 0. The molecular weight excluding hydrogens is 282 g/mol. The predicted molar refractivity (Wildman–Crippen MR) is 70.6 cm³/mol. The molecule has 0 spiro atoms. The largest absolute Gasteiger partial charge is 0.468 e. The average Bonchev–Trinajstić information content (AvgIpc) is 2.31. The van der Waals surface area contributed by atoms with Gasteiger partial charge in [-0.05, 0) is 50.7 Å². The van der Waals surface area contributed by atoms with E-state index in [-0.39, 0.29) is 17.1 Å². The third-order valence-corrected chi connectivity index (χ3v) is 3.97. The molecule has 2 rings (SSSR count). The summed E-state index contributed by atoms with van der Waals surface area (Å²) >= 11 is 5.28. The summed E-state index contributed by atoms with van der Waals surface area (Å²) in [5.74, 6) is 0. The molecule has 0 saturated heterocycles. The summed E-state index contributed by atoms with van der Waals surface area (Å²) < 4.78 is 5.81. The van der Waals surface area contributed by atoms with E-state index in [1.165, 1.54) is 64.2 Å². The molecule has 0 atom stereocenters. The van der Waals surface area contributed by atoms with E-state index in [0.29, 0.717) is 17.3 Å². The first-order valence-electron chi connectivity index (χ1n) is 6.82. The number of nitrogens with one attached hydrogen (secondary N) is 1. The monoisotopic (exact) mass is 304 g/mol. The van der Waals surface area contributed by atoms with Gasteiger partial charge in [-0.15, -0.1) is 0 Å². The second-order valence-electron chi connectivity index (χ2n) is 5.14. The summed E-state index contributed by atoms with van der Waals surface area (Å²) in [7, 11) is 0. The van der Waals surface area contributed by atoms with Gasteiger partial charge in [-0.2, -0.15) is 0 Å². The van der Waals surface area contributed by atoms with Gasteiger partial charge in [-0.25, -0.2) is 0 Å². The molecule has 17 heavy (non-hydrogen) atoms. The molecule has 0 aromatic heterocycles. The van der Waals surface area contributed by atoms with Crippen LogP contribution in [0.15, 0.2) is 0 Å². The Kier molecular flexibility index (Phi) is 7.49. The predicted octanol–water partition coefficient (Wildman–Crippen LogP) is 3.54. The third-order valence-electron chi connectivity index (χ3n) is 3.75. The average molecular weight is 305 g/mol. The molecule has 0 heterocycles. The normalized spacial score (nSPS) is 22.6. The van der Waals surface area contributed by atoms with E-state index in [4.69, 9.17) is 17.0 Å². The van der Waals surface area contributed by atoms with Crippen molar-refractivity contribution < 1.29 is 21.8 Å². The van der Waals surface area contributed by atoms with Crippen molar-refractivity contribution in [2.75, 3.05) is 0 Å². The van der Waals surface area contributed by atoms with Crippen LogP contribution in [0.4, 0.5) is 0 Å². The molecule has 0 aromatic rings. The van der Waals surface area contributed by atoms with Gasteiger partial charge in [0.05, 0.1) is 0 Å². The van der Waals surface area contributed by atoms with Crippen LogP contribution in [0.5, 0.6) is 0 Å². The first-order chi connectivity index (χ1) is 7.84. The number of rotatable bonds is 2. The second kappa shape index (κ2) is 8.34. The Hall–Kier alpha value is 0.209. The van der Waals surface area contributed by atoms with Gasteiger partial charge in [-0.3, -0.25) is 0 Å². The van der Waals surface area contributed by atoms with Crippen LogP contribution in [0.1, 0.15) is 64.2 Å². The van der Waals surface area contributed by atoms with Crippen molar-refractivity contribution in [3.63, 3.8) is 0 Å². The van der Waals surface area contributed by atoms with E-state index in [1.807, 2.05) is 0 Å². The van der Waals surface area contributed by atoms with Crippen molar-refractivity contribution in [1.82, 2.24) is 5.32 Å². The minimum Gasteiger partial charge on any atom is -0.468 e. The molecule has 103 valence electrons. The van der Waals surface area contributed by atoms with E-state index in [0.717, 1.165) is 0 Å². The zero-order chi connectivity index (χ0) is 11.2. The van der Waals surface area contributed by atoms with Crippen LogP contribution in [0.3, 0.4) is 0 Å². The van der Waals surface area contributed by atoms with Crippen LogP contribution in [-0.4, -0.2) is 17.3 Å². The molecule has 0 unspecified atom stereocenters. The number of hydrogen-bond donors (Lipinski definition) is 1. The minimum atomic E-state index is 0. The quantitative estimate of drug-likeness (QED) is 0.623. The summed E-state index contributed by atoms with van der Waals surface area (Å²) in [6.45, 7) is 0. The van der Waals surface area contributed by atoms with Crippen molar-refractivity contribution in [2.45, 2.75) is 76.4 Å². The van der Waals surface area contributed by atoms with Crippen molar-refractivity contribution in [3.05, 3.63) is 0 Å². The Morgan fingerprint density at radius 1 is 0.882 bits per heavy atom. The Bertz CT molecular complexity index is 203. The van der Waals surface area contributed by atoms with Gasteiger partial charge < -0.3 is 10.1 Å². The molecule has 0 aliphatic heterocycles. The van der Waals surface area contributed by atoms with Gasteiger partial charge in [0.15, 0.2) is 0 Å². The fourth-order valence-electron chi connectivity index (χ4n) is 2.78. The summed E-state index contributed by atoms with van der Waals surface area (Å²) in [6.07, 6.45) is 13.3. The Morgan fingerprint density at radius 3 is 2.00 bits per heavy atom. The molecule has 0 bridgehead atoms. The zero-order valence-electron chi connectivity index (χ0n) is 10.3. The number of thiocarbonyl (C=S) groups is 1. The first-order valence-corrected chi connectivity index (χ1v) is 7.22. The molecule has 1 radical (unpaired) electrons. The maximum absolute atomic E-state index is 5.81. The number of hydrogen-bond acceptors (Lipinski definition) is 2. The van der Waals surface area contributed by atoms with E-state index in [9.17, 15) is 0 Å². The van der Waals surface area contributed by atoms with Crippen LogP contribution in [0.25, 0.3) is 0 Å². The van der Waals surface area contributed by atoms with Gasteiger partial charge in [0.1, 0.15) is 6.10 Å². The summed E-state index contributed by atoms with van der Waals surface area (Å²) in [5, 5.41) is 4.03. The maximum Gasteiger partial charge on any atom is 0.257 e. The molecule has 4 heteroatoms. The summed E-state index contributed by atoms with van der Waals surface area (Å²) in [6, 6.07) is 0.574. The van der Waals surface area contributed by atoms with E-state index in [2.05, 4.69) is 5.32 Å². The standard InChI is InChI=1S/C13H23NOS.Cu/c16-13(14-11-7-3-1-4-8-11)15-12-9-5-2-6-10-12;/h11-12H,1-10H2,(H,14,16);. The van der Waals surface area contributed by atoms with Gasteiger partial charge in [0.2, 0.25) is 0 Å². The molecule has 2 aliphatic carbocycles. The maximum atomic E-state index is 5.81. The fourth-order valence-corrected chi connectivity index (χ4v) is 3.08. The molecule has 2 nitrogen and oxygen atoms in total. The second-order valence-corrected chi connectivity index (χ2v) is 5.52. The van der Waals surface area contributed by atoms with Gasteiger partial charge in [0, 0.05) is 23.1 Å². The summed E-state index contributed by atoms with van der Waals surface area (Å²) in [5.41, 5.74) is 0. The van der Waals surface area contributed by atoms with Crippen molar-refractivity contribution in [3.8, 4) is 0 Å². The molecule has 0 aromatic carbocycles. The van der Waals surface area contributed by atoms with Crippen molar-refractivity contribution in [1.29, 1.82) is 0 Å². The molecule has 2 aliphatic rings. The fraction of sp³-hybridized carbons (Fsp3) is 0.923. The van der Waals surface area contributed by atoms with Gasteiger partial charge in [-0.1, -0.05) is 25.7 Å². The molecule has 2 fully saturated rings. The first kappa shape index (κ1) is 15.3. The van der Waals surface area contributed by atoms with Crippen LogP contribution in [-0.2, 0) is 21.8 Å². The van der Waals surface area contributed by atoms with E-state index >= 15 is 0 Å². The van der Waals surface area contributed by atoms with E-state index in [1.54, 1.807) is 0 Å². The number of ether oxygens (including phenoxy) is 1. The van der Waals surface area contributed by atoms with Crippen LogP contribution in [0, 0.1) is 0 Å². The Labute approximate surface area is 121 Å².